The van der Waals surface area contributed by atoms with E-state index in [-0.39, 0.29) is 24.0 Å². The molecule has 0 unspecified atom stereocenters. The van der Waals surface area contributed by atoms with Crippen molar-refractivity contribution in [3.63, 3.8) is 0 Å². The third-order valence-electron chi connectivity index (χ3n) is 2.99. The molecule has 1 saturated heterocycles. The van der Waals surface area contributed by atoms with Crippen molar-refractivity contribution in [1.82, 2.24) is 10.2 Å². The quantitative estimate of drug-likeness (QED) is 0.608. The van der Waals surface area contributed by atoms with Crippen LogP contribution in [0.25, 0.3) is 0 Å². The van der Waals surface area contributed by atoms with Crippen LogP contribution < -0.4 is 11.1 Å². The minimum atomic E-state index is -0.262. The zero-order valence-electron chi connectivity index (χ0n) is 12.5. The second-order valence-corrected chi connectivity index (χ2v) is 6.62. The van der Waals surface area contributed by atoms with Gasteiger partial charge in [0.25, 0.3) is 0 Å². The monoisotopic (exact) mass is 341 g/mol. The number of benzene rings is 1. The van der Waals surface area contributed by atoms with Crippen LogP contribution in [0, 0.1) is 0 Å². The molecule has 22 heavy (non-hydrogen) atoms. The van der Waals surface area contributed by atoms with E-state index in [4.69, 9.17) is 28.9 Å². The highest BCUT2D eigenvalue weighted by Gasteiger charge is 2.33. The Kier molecular flexibility index (Phi) is 4.63. The Bertz CT molecular complexity index is 664. The molecule has 6 nitrogen and oxygen atoms in total. The van der Waals surface area contributed by atoms with Crippen LogP contribution in [0.2, 0.25) is 10.0 Å². The molecule has 0 spiro atoms. The molecular weight excluding hydrogens is 325 g/mol. The molecule has 1 aromatic rings. The lowest BCUT2D eigenvalue weighted by Gasteiger charge is -2.31. The number of carbonyl (C=O) groups is 1. The van der Waals surface area contributed by atoms with Gasteiger partial charge < -0.3 is 10.6 Å². The summed E-state index contributed by atoms with van der Waals surface area (Å²) in [7, 11) is 0. The summed E-state index contributed by atoms with van der Waals surface area (Å²) in [6.07, 6.45) is 0. The molecule has 0 radical (unpaired) electrons. The van der Waals surface area contributed by atoms with Crippen molar-refractivity contribution in [3.8, 4) is 0 Å². The normalized spacial score (nSPS) is 18.0. The van der Waals surface area contributed by atoms with Crippen molar-refractivity contribution >= 4 is 46.7 Å². The highest BCUT2D eigenvalue weighted by atomic mass is 35.5. The van der Waals surface area contributed by atoms with Crippen LogP contribution in [0.1, 0.15) is 20.8 Å². The average Bonchev–Trinajstić information content (AvgIpc) is 2.74. The van der Waals surface area contributed by atoms with Gasteiger partial charge >= 0.3 is 0 Å². The van der Waals surface area contributed by atoms with Crippen molar-refractivity contribution in [2.45, 2.75) is 26.3 Å². The number of rotatable bonds is 1. The summed E-state index contributed by atoms with van der Waals surface area (Å²) in [5.74, 6) is 0.277. The van der Waals surface area contributed by atoms with Crippen LogP contribution in [-0.2, 0) is 4.79 Å². The minimum Gasteiger partial charge on any atom is -0.368 e. The van der Waals surface area contributed by atoms with Crippen molar-refractivity contribution < 1.29 is 4.79 Å². The Balaban J connectivity index is 2.28. The first-order valence-corrected chi connectivity index (χ1v) is 7.38. The van der Waals surface area contributed by atoms with Gasteiger partial charge in [0, 0.05) is 5.54 Å². The molecule has 0 aliphatic carbocycles. The molecule has 0 atom stereocenters. The Morgan fingerprint density at radius 2 is 2.00 bits per heavy atom. The zero-order chi connectivity index (χ0) is 16.5. The summed E-state index contributed by atoms with van der Waals surface area (Å²) in [6.45, 7) is 6.18. The van der Waals surface area contributed by atoms with Crippen molar-refractivity contribution in [3.05, 3.63) is 28.2 Å². The average molecular weight is 342 g/mol. The van der Waals surface area contributed by atoms with E-state index >= 15 is 0 Å². The molecule has 0 saturated carbocycles. The predicted octanol–water partition coefficient (Wildman–Crippen LogP) is 2.53. The molecule has 2 rings (SSSR count). The number of nitrogens with zero attached hydrogens (tertiary/aromatic N) is 3. The lowest BCUT2D eigenvalue weighted by atomic mass is 10.1. The summed E-state index contributed by atoms with van der Waals surface area (Å²) in [4.78, 5) is 21.7. The maximum absolute atomic E-state index is 11.6. The summed E-state index contributed by atoms with van der Waals surface area (Å²) < 4.78 is 0. The number of carbonyl (C=O) groups excluding carboxylic acids is 1. The van der Waals surface area contributed by atoms with Gasteiger partial charge in [-0.05, 0) is 39.0 Å². The van der Waals surface area contributed by atoms with Crippen molar-refractivity contribution in [2.75, 3.05) is 6.54 Å². The molecular formula is C14H17Cl2N5O. The first-order chi connectivity index (χ1) is 10.2. The number of guanidine groups is 2. The molecule has 1 aliphatic heterocycles. The third kappa shape index (κ3) is 3.90. The third-order valence-corrected chi connectivity index (χ3v) is 3.72. The van der Waals surface area contributed by atoms with Gasteiger partial charge in [-0.25, -0.2) is 4.99 Å². The topological polar surface area (TPSA) is 83.1 Å². The number of hydrogen-bond donors (Lipinski definition) is 2. The van der Waals surface area contributed by atoms with Gasteiger partial charge in [0.2, 0.25) is 17.8 Å². The van der Waals surface area contributed by atoms with Gasteiger partial charge in [-0.2, -0.15) is 4.99 Å². The second-order valence-electron chi connectivity index (χ2n) is 5.81. The molecule has 0 bridgehead atoms. The van der Waals surface area contributed by atoms with Gasteiger partial charge in [0.15, 0.2) is 0 Å². The summed E-state index contributed by atoms with van der Waals surface area (Å²) in [6, 6.07) is 4.89. The van der Waals surface area contributed by atoms with E-state index < -0.39 is 0 Å². The summed E-state index contributed by atoms with van der Waals surface area (Å²) >= 11 is 11.8. The molecule has 8 heteroatoms. The van der Waals surface area contributed by atoms with Crippen molar-refractivity contribution in [1.29, 1.82) is 0 Å². The van der Waals surface area contributed by atoms with E-state index in [0.29, 0.717) is 21.7 Å². The smallest absolute Gasteiger partial charge is 0.246 e. The first-order valence-electron chi connectivity index (χ1n) is 6.62. The van der Waals surface area contributed by atoms with Crippen LogP contribution in [0.5, 0.6) is 0 Å². The number of nitrogens with one attached hydrogen (secondary N) is 1. The van der Waals surface area contributed by atoms with Gasteiger partial charge in [-0.1, -0.05) is 23.2 Å². The van der Waals surface area contributed by atoms with Gasteiger partial charge in [-0.15, -0.1) is 0 Å². The fourth-order valence-electron chi connectivity index (χ4n) is 1.91. The largest absolute Gasteiger partial charge is 0.368 e. The lowest BCUT2D eigenvalue weighted by Crippen LogP contribution is -2.45. The number of hydrogen-bond acceptors (Lipinski definition) is 2. The highest BCUT2D eigenvalue weighted by molar-refractivity contribution is 6.42. The molecule has 3 N–H and O–H groups in total. The van der Waals surface area contributed by atoms with E-state index in [1.807, 2.05) is 25.7 Å². The second kappa shape index (κ2) is 6.14. The first kappa shape index (κ1) is 16.6. The Hall–Kier alpha value is -1.79. The number of amides is 1. The maximum atomic E-state index is 11.6. The molecule has 1 amide bonds. The number of halogens is 2. The van der Waals surface area contributed by atoms with Crippen LogP contribution in [-0.4, -0.2) is 34.8 Å². The van der Waals surface area contributed by atoms with E-state index in [0.717, 1.165) is 0 Å². The lowest BCUT2D eigenvalue weighted by molar-refractivity contribution is -0.118. The molecule has 1 heterocycles. The Morgan fingerprint density at radius 1 is 1.32 bits per heavy atom. The minimum absolute atomic E-state index is 0.0184. The fraction of sp³-hybridized carbons (Fsp3) is 0.357. The number of aliphatic imine (C=N–C) groups is 2. The van der Waals surface area contributed by atoms with Crippen molar-refractivity contribution in [2.24, 2.45) is 15.7 Å². The maximum Gasteiger partial charge on any atom is 0.246 e. The number of nitrogens with two attached hydrogens (primary N) is 1. The molecule has 118 valence electrons. The molecule has 1 fully saturated rings. The standard InChI is InChI=1S/C14H17Cl2N5O/c1-14(2,3)21-7-11(22)19-13(21)20-12(17)18-8-4-5-9(15)10(16)6-8/h4-6H,7H2,1-3H3,(H3,17,18,19,20,22). The zero-order valence-corrected chi connectivity index (χ0v) is 14.0. The van der Waals surface area contributed by atoms with Crippen LogP contribution in [0.15, 0.2) is 28.2 Å². The summed E-state index contributed by atoms with van der Waals surface area (Å²) in [5, 5.41) is 3.50. The van der Waals surface area contributed by atoms with E-state index in [1.54, 1.807) is 18.2 Å². The van der Waals surface area contributed by atoms with Gasteiger partial charge in [0.1, 0.15) is 6.54 Å². The van der Waals surface area contributed by atoms with Crippen LogP contribution >= 0.6 is 23.2 Å². The molecule has 0 aromatic heterocycles. The predicted molar refractivity (Wildman–Crippen MR) is 89.8 cm³/mol. The molecule has 1 aliphatic rings. The van der Waals surface area contributed by atoms with Gasteiger partial charge in [-0.3, -0.25) is 10.1 Å². The highest BCUT2D eigenvalue weighted by Crippen LogP contribution is 2.26. The van der Waals surface area contributed by atoms with E-state index in [1.165, 1.54) is 0 Å². The van der Waals surface area contributed by atoms with Gasteiger partial charge in [0.05, 0.1) is 15.7 Å². The van der Waals surface area contributed by atoms with E-state index in [2.05, 4.69) is 15.3 Å². The SMILES string of the molecule is CC(C)(C)N1CC(=O)N/C1=N/C(N)=Nc1ccc(Cl)c(Cl)c1. The van der Waals surface area contributed by atoms with Crippen LogP contribution in [0.3, 0.4) is 0 Å². The Labute approximate surface area is 139 Å². The van der Waals surface area contributed by atoms with E-state index in [9.17, 15) is 4.79 Å². The Morgan fingerprint density at radius 3 is 2.59 bits per heavy atom. The van der Waals surface area contributed by atoms with Crippen LogP contribution in [0.4, 0.5) is 5.69 Å². The fourth-order valence-corrected chi connectivity index (χ4v) is 2.21. The summed E-state index contributed by atoms with van der Waals surface area (Å²) in [5.41, 5.74) is 6.10. The molecule has 1 aromatic carbocycles.